The van der Waals surface area contributed by atoms with Crippen LogP contribution in [-0.2, 0) is 11.3 Å². The molecule has 0 bridgehead atoms. The van der Waals surface area contributed by atoms with E-state index in [4.69, 9.17) is 9.15 Å². The number of benzene rings is 2. The highest BCUT2D eigenvalue weighted by Crippen LogP contribution is 2.31. The number of nitrogens with one attached hydrogen (secondary N) is 1. The normalized spacial score (nSPS) is 13.1. The van der Waals surface area contributed by atoms with Gasteiger partial charge in [-0.1, -0.05) is 18.2 Å². The maximum atomic E-state index is 12.3. The van der Waals surface area contributed by atoms with E-state index in [2.05, 4.69) is 15.5 Å². The summed E-state index contributed by atoms with van der Waals surface area (Å²) in [7, 11) is 0. The molecule has 9 heteroatoms. The van der Waals surface area contributed by atoms with Crippen molar-refractivity contribution in [2.24, 2.45) is 0 Å². The average Bonchev–Trinajstić information content (AvgIpc) is 3.40. The summed E-state index contributed by atoms with van der Waals surface area (Å²) in [6.45, 7) is -0.228. The van der Waals surface area contributed by atoms with Crippen molar-refractivity contribution in [2.75, 3.05) is 5.32 Å². The Kier molecular flexibility index (Phi) is 4.71. The second kappa shape index (κ2) is 7.47. The van der Waals surface area contributed by atoms with Crippen LogP contribution in [-0.4, -0.2) is 27.1 Å². The molecule has 0 amide bonds. The molecule has 0 unspecified atom stereocenters. The molecule has 0 radical (unpaired) electrons. The number of aromatic nitrogens is 2. The first-order chi connectivity index (χ1) is 13.6. The summed E-state index contributed by atoms with van der Waals surface area (Å²) in [5.41, 5.74) is 1.07. The Morgan fingerprint density at radius 1 is 1.21 bits per heavy atom. The van der Waals surface area contributed by atoms with E-state index in [1.165, 1.54) is 18.2 Å². The van der Waals surface area contributed by atoms with Crippen molar-refractivity contribution in [1.29, 1.82) is 0 Å². The number of ether oxygens (including phenoxy) is 1. The molecule has 0 spiro atoms. The quantitative estimate of drug-likeness (QED) is 0.375. The fourth-order valence-electron chi connectivity index (χ4n) is 2.60. The monoisotopic (exact) mass is 380 g/mol. The van der Waals surface area contributed by atoms with E-state index >= 15 is 0 Å². The van der Waals surface area contributed by atoms with Gasteiger partial charge in [-0.3, -0.25) is 10.1 Å². The molecule has 0 atom stereocenters. The molecule has 4 rings (SSSR count). The van der Waals surface area contributed by atoms with Crippen LogP contribution in [0.25, 0.3) is 11.5 Å². The minimum absolute atomic E-state index is 0.0795. The van der Waals surface area contributed by atoms with Gasteiger partial charge < -0.3 is 14.5 Å². The van der Waals surface area contributed by atoms with Crippen LogP contribution in [0.3, 0.4) is 0 Å². The first-order valence-corrected chi connectivity index (χ1v) is 8.70. The van der Waals surface area contributed by atoms with Crippen LogP contribution >= 0.6 is 0 Å². The number of rotatable bonds is 7. The van der Waals surface area contributed by atoms with Crippen molar-refractivity contribution in [2.45, 2.75) is 25.5 Å². The third kappa shape index (κ3) is 3.98. The predicted octanol–water partition coefficient (Wildman–Crippen LogP) is 3.58. The molecule has 1 heterocycles. The molecule has 2 aromatic carbocycles. The van der Waals surface area contributed by atoms with Gasteiger partial charge in [0.25, 0.3) is 11.6 Å². The molecule has 1 N–H and O–H groups in total. The number of nitro benzene ring substituents is 1. The highest BCUT2D eigenvalue weighted by molar-refractivity contribution is 5.91. The molecule has 1 aliphatic rings. The van der Waals surface area contributed by atoms with Crippen molar-refractivity contribution in [3.05, 3.63) is 70.1 Å². The summed E-state index contributed by atoms with van der Waals surface area (Å²) in [6.07, 6.45) is 1.96. The number of nitro groups is 1. The number of anilines is 1. The number of carbonyl (C=O) groups is 1. The van der Waals surface area contributed by atoms with Crippen LogP contribution in [0, 0.1) is 10.1 Å². The third-order valence-electron chi connectivity index (χ3n) is 4.18. The van der Waals surface area contributed by atoms with E-state index < -0.39 is 10.9 Å². The molecule has 3 aromatic rings. The summed E-state index contributed by atoms with van der Waals surface area (Å²) in [5.74, 6) is -0.257. The summed E-state index contributed by atoms with van der Waals surface area (Å²) in [4.78, 5) is 23.0. The summed E-state index contributed by atoms with van der Waals surface area (Å²) >= 11 is 0. The second-order valence-electron chi connectivity index (χ2n) is 6.35. The Balaban J connectivity index is 1.43. The average molecular weight is 380 g/mol. The van der Waals surface area contributed by atoms with Gasteiger partial charge in [0.15, 0.2) is 6.61 Å². The molecule has 0 aliphatic heterocycles. The van der Waals surface area contributed by atoms with E-state index in [9.17, 15) is 14.9 Å². The number of nitrogens with zero attached hydrogens (tertiary/aromatic N) is 3. The maximum absolute atomic E-state index is 12.3. The second-order valence-corrected chi connectivity index (χ2v) is 6.35. The lowest BCUT2D eigenvalue weighted by molar-refractivity contribution is -0.384. The Morgan fingerprint density at radius 2 is 2.00 bits per heavy atom. The zero-order chi connectivity index (χ0) is 19.5. The third-order valence-corrected chi connectivity index (χ3v) is 4.18. The Hall–Kier alpha value is -3.75. The summed E-state index contributed by atoms with van der Waals surface area (Å²) in [6, 6.07) is 13.7. The van der Waals surface area contributed by atoms with Crippen LogP contribution in [0.15, 0.2) is 52.9 Å². The van der Waals surface area contributed by atoms with Crippen LogP contribution < -0.4 is 5.32 Å². The number of esters is 1. The molecule has 1 fully saturated rings. The van der Waals surface area contributed by atoms with Gasteiger partial charge in [-0.25, -0.2) is 4.79 Å². The van der Waals surface area contributed by atoms with Gasteiger partial charge in [0.1, 0.15) is 5.69 Å². The largest absolute Gasteiger partial charge is 0.452 e. The highest BCUT2D eigenvalue weighted by atomic mass is 16.6. The zero-order valence-electron chi connectivity index (χ0n) is 14.7. The van der Waals surface area contributed by atoms with Gasteiger partial charge in [-0.15, -0.1) is 10.2 Å². The van der Waals surface area contributed by atoms with Gasteiger partial charge in [0.2, 0.25) is 5.89 Å². The van der Waals surface area contributed by atoms with Gasteiger partial charge in [-0.05, 0) is 37.1 Å². The van der Waals surface area contributed by atoms with Crippen molar-refractivity contribution in [1.82, 2.24) is 10.2 Å². The SMILES string of the molecule is O=C(OCc1nnc(-c2ccccc2)o1)c1ccc(NC2CC2)c([N+](=O)[O-])c1. The van der Waals surface area contributed by atoms with Gasteiger partial charge in [-0.2, -0.15) is 0 Å². The summed E-state index contributed by atoms with van der Waals surface area (Å²) < 4.78 is 10.6. The molecule has 1 aliphatic carbocycles. The van der Waals surface area contributed by atoms with Crippen molar-refractivity contribution >= 4 is 17.3 Å². The first kappa shape index (κ1) is 17.7. The van der Waals surface area contributed by atoms with Crippen molar-refractivity contribution in [3.63, 3.8) is 0 Å². The van der Waals surface area contributed by atoms with Crippen LogP contribution in [0.1, 0.15) is 29.1 Å². The topological polar surface area (TPSA) is 120 Å². The van der Waals surface area contributed by atoms with Crippen LogP contribution in [0.5, 0.6) is 0 Å². The van der Waals surface area contributed by atoms with Crippen molar-refractivity contribution in [3.8, 4) is 11.5 Å². The van der Waals surface area contributed by atoms with E-state index in [0.29, 0.717) is 11.6 Å². The lowest BCUT2D eigenvalue weighted by atomic mass is 10.1. The number of hydrogen-bond donors (Lipinski definition) is 1. The minimum Gasteiger partial charge on any atom is -0.452 e. The highest BCUT2D eigenvalue weighted by Gasteiger charge is 2.26. The smallest absolute Gasteiger partial charge is 0.338 e. The van der Waals surface area contributed by atoms with Crippen LogP contribution in [0.2, 0.25) is 0 Å². The lowest BCUT2D eigenvalue weighted by Gasteiger charge is -2.07. The molecule has 28 heavy (non-hydrogen) atoms. The molecule has 0 saturated heterocycles. The molecule has 142 valence electrons. The number of carbonyl (C=O) groups excluding carboxylic acids is 1. The lowest BCUT2D eigenvalue weighted by Crippen LogP contribution is -2.08. The molecule has 9 nitrogen and oxygen atoms in total. The van der Waals surface area contributed by atoms with Gasteiger partial charge >= 0.3 is 5.97 Å². The molecule has 1 saturated carbocycles. The van der Waals surface area contributed by atoms with Crippen molar-refractivity contribution < 1.29 is 18.9 Å². The van der Waals surface area contributed by atoms with E-state index in [1.807, 2.05) is 30.3 Å². The summed E-state index contributed by atoms with van der Waals surface area (Å²) in [5, 5.41) is 22.1. The van der Waals surface area contributed by atoms with Gasteiger partial charge in [0.05, 0.1) is 10.5 Å². The first-order valence-electron chi connectivity index (χ1n) is 8.70. The van der Waals surface area contributed by atoms with Crippen LogP contribution in [0.4, 0.5) is 11.4 Å². The molecular formula is C19H16N4O5. The van der Waals surface area contributed by atoms with E-state index in [-0.39, 0.29) is 29.8 Å². The fraction of sp³-hybridized carbons (Fsp3) is 0.211. The fourth-order valence-corrected chi connectivity index (χ4v) is 2.60. The minimum atomic E-state index is -0.708. The maximum Gasteiger partial charge on any atom is 0.338 e. The van der Waals surface area contributed by atoms with E-state index in [1.54, 1.807) is 0 Å². The van der Waals surface area contributed by atoms with E-state index in [0.717, 1.165) is 18.4 Å². The predicted molar refractivity (Wildman–Crippen MR) is 98.6 cm³/mol. The standard InChI is InChI=1S/C19H16N4O5/c24-19(13-6-9-15(20-14-7-8-14)16(10-13)23(25)26)27-11-17-21-22-18(28-17)12-4-2-1-3-5-12/h1-6,9-10,14,20H,7-8,11H2. The number of hydrogen-bond acceptors (Lipinski definition) is 8. The molecular weight excluding hydrogens is 364 g/mol. The van der Waals surface area contributed by atoms with Gasteiger partial charge in [0, 0.05) is 17.7 Å². The Morgan fingerprint density at radius 3 is 2.71 bits per heavy atom. The Labute approximate surface area is 159 Å². The Bertz CT molecular complexity index is 1010. The molecule has 1 aromatic heterocycles. The zero-order valence-corrected chi connectivity index (χ0v) is 14.7.